The van der Waals surface area contributed by atoms with Crippen molar-refractivity contribution in [2.24, 2.45) is 5.92 Å². The van der Waals surface area contributed by atoms with E-state index < -0.39 is 0 Å². The quantitative estimate of drug-likeness (QED) is 0.363. The molecule has 0 amide bonds. The molecule has 0 aromatic carbocycles. The molecule has 0 radical (unpaired) electrons. The predicted molar refractivity (Wildman–Crippen MR) is 96.3 cm³/mol. The minimum Gasteiger partial charge on any atom is -0.444 e. The van der Waals surface area contributed by atoms with Crippen LogP contribution in [0.5, 0.6) is 0 Å². The van der Waals surface area contributed by atoms with E-state index in [1.165, 1.54) is 83.5 Å². The molecule has 2 heteroatoms. The van der Waals surface area contributed by atoms with E-state index in [2.05, 4.69) is 25.7 Å². The van der Waals surface area contributed by atoms with Crippen LogP contribution in [0.3, 0.4) is 0 Å². The van der Waals surface area contributed by atoms with Gasteiger partial charge in [0.2, 0.25) is 0 Å². The van der Waals surface area contributed by atoms with Crippen molar-refractivity contribution >= 4 is 0 Å². The zero-order valence-electron chi connectivity index (χ0n) is 15.0. The number of hydrogen-bond donors (Lipinski definition) is 1. The van der Waals surface area contributed by atoms with Gasteiger partial charge in [0.15, 0.2) is 5.88 Å². The first-order valence-electron chi connectivity index (χ1n) is 9.57. The molecule has 0 aromatic heterocycles. The highest BCUT2D eigenvalue weighted by molar-refractivity contribution is 5.09. The van der Waals surface area contributed by atoms with E-state index in [0.717, 1.165) is 5.76 Å². The Balaban J connectivity index is 1.81. The second-order valence-corrected chi connectivity index (χ2v) is 6.80. The number of allylic oxidation sites excluding steroid dienone is 1. The molecule has 1 N–H and O–H groups in total. The van der Waals surface area contributed by atoms with Crippen LogP contribution in [0, 0.1) is 5.92 Å². The molecule has 0 saturated carbocycles. The van der Waals surface area contributed by atoms with Gasteiger partial charge in [0, 0.05) is 12.1 Å². The molecule has 1 aliphatic rings. The molecule has 0 spiro atoms. The Morgan fingerprint density at radius 3 is 1.86 bits per heavy atom. The van der Waals surface area contributed by atoms with Crippen molar-refractivity contribution in [1.29, 1.82) is 0 Å². The van der Waals surface area contributed by atoms with Gasteiger partial charge in [-0.05, 0) is 13.0 Å². The summed E-state index contributed by atoms with van der Waals surface area (Å²) in [6.45, 7) is 8.29. The topological polar surface area (TPSA) is 21.3 Å². The fraction of sp³-hybridized carbons (Fsp3) is 0.800. The SMILES string of the molecule is C=C1NC=C(C(C)CCCCCCCCCCCCCC)O1. The minimum atomic E-state index is 0.509. The second-order valence-electron chi connectivity index (χ2n) is 6.80. The van der Waals surface area contributed by atoms with Crippen molar-refractivity contribution < 1.29 is 4.74 Å². The standard InChI is InChI=1S/C20H37NO/c1-4-5-6-7-8-9-10-11-12-13-14-15-16-18(2)20-17-21-19(3)22-20/h17-18,21H,3-16H2,1-2H3. The molecule has 0 aromatic rings. The summed E-state index contributed by atoms with van der Waals surface area (Å²) in [5.41, 5.74) is 0. The lowest BCUT2D eigenvalue weighted by Crippen LogP contribution is -1.99. The minimum absolute atomic E-state index is 0.509. The van der Waals surface area contributed by atoms with Gasteiger partial charge in [0.25, 0.3) is 0 Å². The van der Waals surface area contributed by atoms with Crippen LogP contribution in [0.4, 0.5) is 0 Å². The van der Waals surface area contributed by atoms with Gasteiger partial charge < -0.3 is 10.1 Å². The third-order valence-corrected chi connectivity index (χ3v) is 4.59. The number of hydrogen-bond acceptors (Lipinski definition) is 2. The van der Waals surface area contributed by atoms with Gasteiger partial charge >= 0.3 is 0 Å². The van der Waals surface area contributed by atoms with Crippen LogP contribution in [0.25, 0.3) is 0 Å². The maximum absolute atomic E-state index is 5.54. The molecule has 1 heterocycles. The Bertz CT molecular complexity index is 322. The van der Waals surface area contributed by atoms with Crippen molar-refractivity contribution in [3.05, 3.63) is 24.4 Å². The van der Waals surface area contributed by atoms with E-state index in [4.69, 9.17) is 4.74 Å². The van der Waals surface area contributed by atoms with Crippen LogP contribution in [-0.2, 0) is 4.74 Å². The summed E-state index contributed by atoms with van der Waals surface area (Å²) in [5, 5.41) is 3.02. The molecule has 0 fully saturated rings. The van der Waals surface area contributed by atoms with Crippen molar-refractivity contribution in [3.8, 4) is 0 Å². The maximum Gasteiger partial charge on any atom is 0.189 e. The normalized spacial score (nSPS) is 15.4. The van der Waals surface area contributed by atoms with Gasteiger partial charge in [0.1, 0.15) is 5.76 Å². The lowest BCUT2D eigenvalue weighted by atomic mass is 10.00. The zero-order valence-corrected chi connectivity index (χ0v) is 15.0. The average Bonchev–Trinajstić information content (AvgIpc) is 2.95. The van der Waals surface area contributed by atoms with Crippen LogP contribution in [0.1, 0.15) is 97.3 Å². The summed E-state index contributed by atoms with van der Waals surface area (Å²) < 4.78 is 5.54. The highest BCUT2D eigenvalue weighted by atomic mass is 16.5. The van der Waals surface area contributed by atoms with E-state index in [9.17, 15) is 0 Å². The van der Waals surface area contributed by atoms with Crippen LogP contribution < -0.4 is 5.32 Å². The third-order valence-electron chi connectivity index (χ3n) is 4.59. The molecular formula is C20H37NO. The molecule has 1 unspecified atom stereocenters. The first-order chi connectivity index (χ1) is 10.7. The van der Waals surface area contributed by atoms with Crippen molar-refractivity contribution in [2.45, 2.75) is 97.3 Å². The smallest absolute Gasteiger partial charge is 0.189 e. The Morgan fingerprint density at radius 1 is 0.909 bits per heavy atom. The highest BCUT2D eigenvalue weighted by Crippen LogP contribution is 2.24. The second kappa shape index (κ2) is 12.6. The lowest BCUT2D eigenvalue weighted by molar-refractivity contribution is 0.266. The van der Waals surface area contributed by atoms with Crippen molar-refractivity contribution in [1.82, 2.24) is 5.32 Å². The van der Waals surface area contributed by atoms with Crippen LogP contribution >= 0.6 is 0 Å². The van der Waals surface area contributed by atoms with Gasteiger partial charge in [-0.2, -0.15) is 0 Å². The monoisotopic (exact) mass is 307 g/mol. The highest BCUT2D eigenvalue weighted by Gasteiger charge is 2.15. The molecule has 1 aliphatic heterocycles. The zero-order chi connectivity index (χ0) is 16.0. The Hall–Kier alpha value is -0.920. The van der Waals surface area contributed by atoms with Gasteiger partial charge in [-0.1, -0.05) is 90.9 Å². The first kappa shape index (κ1) is 19.1. The number of rotatable bonds is 14. The summed E-state index contributed by atoms with van der Waals surface area (Å²) in [7, 11) is 0. The fourth-order valence-corrected chi connectivity index (χ4v) is 3.03. The van der Waals surface area contributed by atoms with Gasteiger partial charge in [-0.15, -0.1) is 0 Å². The predicted octanol–water partition coefficient (Wildman–Crippen LogP) is 6.65. The summed E-state index contributed by atoms with van der Waals surface area (Å²) in [5.74, 6) is 2.22. The van der Waals surface area contributed by atoms with Crippen molar-refractivity contribution in [3.63, 3.8) is 0 Å². The molecule has 0 saturated heterocycles. The average molecular weight is 308 g/mol. The van der Waals surface area contributed by atoms with E-state index in [-0.39, 0.29) is 0 Å². The molecule has 2 nitrogen and oxygen atoms in total. The Labute approximate surface area is 138 Å². The number of unbranched alkanes of at least 4 members (excludes halogenated alkanes) is 11. The van der Waals surface area contributed by atoms with E-state index >= 15 is 0 Å². The first-order valence-corrected chi connectivity index (χ1v) is 9.57. The summed E-state index contributed by atoms with van der Waals surface area (Å²) in [6.07, 6.45) is 20.1. The summed E-state index contributed by atoms with van der Waals surface area (Å²) in [4.78, 5) is 0. The van der Waals surface area contributed by atoms with Gasteiger partial charge in [0.05, 0.1) is 0 Å². The fourth-order valence-electron chi connectivity index (χ4n) is 3.03. The van der Waals surface area contributed by atoms with Crippen LogP contribution in [-0.4, -0.2) is 0 Å². The number of nitrogens with one attached hydrogen (secondary N) is 1. The molecule has 0 aliphatic carbocycles. The number of ether oxygens (including phenoxy) is 1. The maximum atomic E-state index is 5.54. The molecule has 1 rings (SSSR count). The van der Waals surface area contributed by atoms with Crippen LogP contribution in [0.15, 0.2) is 24.4 Å². The van der Waals surface area contributed by atoms with E-state index in [0.29, 0.717) is 11.8 Å². The van der Waals surface area contributed by atoms with Gasteiger partial charge in [-0.3, -0.25) is 0 Å². The molecular weight excluding hydrogens is 270 g/mol. The Kier molecular flexibility index (Phi) is 11.0. The molecule has 1 atom stereocenters. The molecule has 128 valence electrons. The lowest BCUT2D eigenvalue weighted by Gasteiger charge is -2.11. The molecule has 0 bridgehead atoms. The summed E-state index contributed by atoms with van der Waals surface area (Å²) in [6, 6.07) is 0. The third kappa shape index (κ3) is 9.17. The van der Waals surface area contributed by atoms with E-state index in [1.807, 2.05) is 6.20 Å². The van der Waals surface area contributed by atoms with Gasteiger partial charge in [-0.25, -0.2) is 0 Å². The largest absolute Gasteiger partial charge is 0.444 e. The molecule has 22 heavy (non-hydrogen) atoms. The van der Waals surface area contributed by atoms with E-state index in [1.54, 1.807) is 0 Å². The summed E-state index contributed by atoms with van der Waals surface area (Å²) >= 11 is 0. The Morgan fingerprint density at radius 2 is 1.41 bits per heavy atom. The van der Waals surface area contributed by atoms with Crippen LogP contribution in [0.2, 0.25) is 0 Å². The van der Waals surface area contributed by atoms with Crippen molar-refractivity contribution in [2.75, 3.05) is 0 Å².